The van der Waals surface area contributed by atoms with Gasteiger partial charge in [-0.3, -0.25) is 10.1 Å². The van der Waals surface area contributed by atoms with Crippen molar-refractivity contribution in [3.8, 4) is 0 Å². The highest BCUT2D eigenvalue weighted by atomic mass is 32.1. The zero-order chi connectivity index (χ0) is 11.5. The maximum absolute atomic E-state index is 10.5. The molecule has 88 valence electrons. The van der Waals surface area contributed by atoms with Gasteiger partial charge >= 0.3 is 5.00 Å². The first-order valence-electron chi connectivity index (χ1n) is 5.10. The van der Waals surface area contributed by atoms with Crippen LogP contribution in [0.15, 0.2) is 6.20 Å². The van der Waals surface area contributed by atoms with Gasteiger partial charge in [-0.2, -0.15) is 0 Å². The molecule has 2 rings (SSSR count). The van der Waals surface area contributed by atoms with Gasteiger partial charge in [0.15, 0.2) is 5.13 Å². The summed E-state index contributed by atoms with van der Waals surface area (Å²) in [7, 11) is 1.69. The molecule has 0 amide bonds. The Hall–Kier alpha value is -1.21. The summed E-state index contributed by atoms with van der Waals surface area (Å²) in [6, 6.07) is 0.218. The summed E-state index contributed by atoms with van der Waals surface area (Å²) in [5.74, 6) is 0. The van der Waals surface area contributed by atoms with Gasteiger partial charge < -0.3 is 10.1 Å². The van der Waals surface area contributed by atoms with Crippen LogP contribution in [0.1, 0.15) is 19.3 Å². The Morgan fingerprint density at radius 1 is 1.69 bits per heavy atom. The van der Waals surface area contributed by atoms with Gasteiger partial charge in [-0.1, -0.05) is 0 Å². The molecule has 1 heterocycles. The van der Waals surface area contributed by atoms with Gasteiger partial charge in [0.05, 0.1) is 17.1 Å². The molecule has 0 spiro atoms. The van der Waals surface area contributed by atoms with Crippen LogP contribution in [0, 0.1) is 10.1 Å². The van der Waals surface area contributed by atoms with Crippen LogP contribution in [0.3, 0.4) is 0 Å². The van der Waals surface area contributed by atoms with Crippen LogP contribution in [0.25, 0.3) is 0 Å². The molecular formula is C9H13N3O3S. The van der Waals surface area contributed by atoms with Gasteiger partial charge in [-0.15, -0.1) is 0 Å². The van der Waals surface area contributed by atoms with Gasteiger partial charge in [-0.25, -0.2) is 4.98 Å². The minimum absolute atomic E-state index is 0.0643. The number of nitrogens with one attached hydrogen (secondary N) is 1. The monoisotopic (exact) mass is 243 g/mol. The van der Waals surface area contributed by atoms with Crippen LogP contribution in [0.2, 0.25) is 0 Å². The maximum Gasteiger partial charge on any atom is 0.345 e. The third kappa shape index (κ3) is 2.30. The first-order chi connectivity index (χ1) is 7.70. The molecule has 0 saturated heterocycles. The molecule has 6 nitrogen and oxygen atoms in total. The molecule has 1 fully saturated rings. The number of aromatic nitrogens is 1. The lowest BCUT2D eigenvalue weighted by molar-refractivity contribution is -0.380. The molecule has 1 aromatic rings. The minimum Gasteiger partial charge on any atom is -0.379 e. The molecule has 1 saturated carbocycles. The van der Waals surface area contributed by atoms with Crippen LogP contribution in [0.5, 0.6) is 0 Å². The summed E-state index contributed by atoms with van der Waals surface area (Å²) < 4.78 is 5.33. The van der Waals surface area contributed by atoms with E-state index >= 15 is 0 Å². The Bertz CT molecular complexity index is 382. The van der Waals surface area contributed by atoms with Crippen LogP contribution in [-0.2, 0) is 4.74 Å². The fraction of sp³-hybridized carbons (Fsp3) is 0.667. The van der Waals surface area contributed by atoms with Crippen molar-refractivity contribution in [3.63, 3.8) is 0 Å². The van der Waals surface area contributed by atoms with Crippen LogP contribution in [0.4, 0.5) is 10.1 Å². The van der Waals surface area contributed by atoms with E-state index in [2.05, 4.69) is 10.3 Å². The molecule has 0 aromatic carbocycles. The first-order valence-corrected chi connectivity index (χ1v) is 5.92. The molecule has 1 aliphatic rings. The predicted octanol–water partition coefficient (Wildman–Crippen LogP) is 2.03. The maximum atomic E-state index is 10.5. The van der Waals surface area contributed by atoms with Crippen LogP contribution >= 0.6 is 11.3 Å². The van der Waals surface area contributed by atoms with Gasteiger partial charge in [0.1, 0.15) is 6.20 Å². The molecule has 1 N–H and O–H groups in total. The molecule has 0 radical (unpaired) electrons. The van der Waals surface area contributed by atoms with E-state index < -0.39 is 4.92 Å². The Balaban J connectivity index is 2.00. The number of rotatable bonds is 4. The average Bonchev–Trinajstić information content (AvgIpc) is 2.87. The summed E-state index contributed by atoms with van der Waals surface area (Å²) in [5, 5.41) is 14.4. The Morgan fingerprint density at radius 2 is 2.50 bits per heavy atom. The first kappa shape index (κ1) is 11.3. The number of hydrogen-bond acceptors (Lipinski definition) is 6. The van der Waals surface area contributed by atoms with E-state index in [1.165, 1.54) is 6.20 Å². The van der Waals surface area contributed by atoms with Crippen molar-refractivity contribution in [1.82, 2.24) is 4.98 Å². The van der Waals surface area contributed by atoms with Crippen molar-refractivity contribution < 1.29 is 9.66 Å². The third-order valence-corrected chi connectivity index (χ3v) is 3.62. The topological polar surface area (TPSA) is 77.3 Å². The minimum atomic E-state index is -0.425. The average molecular weight is 243 g/mol. The van der Waals surface area contributed by atoms with Crippen molar-refractivity contribution in [2.24, 2.45) is 0 Å². The second-order valence-electron chi connectivity index (χ2n) is 3.72. The zero-order valence-corrected chi connectivity index (χ0v) is 9.70. The standard InChI is InChI=1S/C9H13N3O3S/c1-15-7-4-2-3-6(7)11-9-10-5-8(16-9)12(13)14/h5-7H,2-4H2,1H3,(H,10,11). The van der Waals surface area contributed by atoms with Gasteiger partial charge in [-0.05, 0) is 30.6 Å². The highest BCUT2D eigenvalue weighted by molar-refractivity contribution is 7.18. The SMILES string of the molecule is COC1CCCC1Nc1ncc([N+](=O)[O-])s1. The van der Waals surface area contributed by atoms with Gasteiger partial charge in [0.2, 0.25) is 0 Å². The second-order valence-corrected chi connectivity index (χ2v) is 4.73. The number of hydrogen-bond donors (Lipinski definition) is 1. The molecule has 0 aliphatic heterocycles. The lowest BCUT2D eigenvalue weighted by atomic mass is 10.2. The summed E-state index contributed by atoms with van der Waals surface area (Å²) in [6.07, 6.45) is 4.63. The number of methoxy groups -OCH3 is 1. The summed E-state index contributed by atoms with van der Waals surface area (Å²) >= 11 is 1.06. The van der Waals surface area contributed by atoms with E-state index in [1.807, 2.05) is 0 Å². The molecule has 1 aliphatic carbocycles. The van der Waals surface area contributed by atoms with E-state index in [0.717, 1.165) is 30.6 Å². The highest BCUT2D eigenvalue weighted by Crippen LogP contribution is 2.29. The van der Waals surface area contributed by atoms with Crippen molar-refractivity contribution in [1.29, 1.82) is 0 Å². The lowest BCUT2D eigenvalue weighted by Crippen LogP contribution is -2.29. The smallest absolute Gasteiger partial charge is 0.345 e. The number of thiazole rings is 1. The van der Waals surface area contributed by atoms with Crippen LogP contribution < -0.4 is 5.32 Å². The van der Waals surface area contributed by atoms with Crippen molar-refractivity contribution >= 4 is 21.5 Å². The molecule has 16 heavy (non-hydrogen) atoms. The largest absolute Gasteiger partial charge is 0.379 e. The number of anilines is 1. The van der Waals surface area contributed by atoms with E-state index in [-0.39, 0.29) is 17.1 Å². The molecular weight excluding hydrogens is 230 g/mol. The van der Waals surface area contributed by atoms with E-state index in [9.17, 15) is 10.1 Å². The van der Waals surface area contributed by atoms with E-state index in [1.54, 1.807) is 7.11 Å². The van der Waals surface area contributed by atoms with Crippen molar-refractivity contribution in [2.75, 3.05) is 12.4 Å². The van der Waals surface area contributed by atoms with Crippen molar-refractivity contribution in [3.05, 3.63) is 16.3 Å². The van der Waals surface area contributed by atoms with Gasteiger partial charge in [0.25, 0.3) is 0 Å². The summed E-state index contributed by atoms with van der Waals surface area (Å²) in [4.78, 5) is 14.1. The number of nitro groups is 1. The van der Waals surface area contributed by atoms with Crippen molar-refractivity contribution in [2.45, 2.75) is 31.4 Å². The number of nitrogens with zero attached hydrogens (tertiary/aromatic N) is 2. The fourth-order valence-corrected chi connectivity index (χ4v) is 2.64. The molecule has 1 aromatic heterocycles. The fourth-order valence-electron chi connectivity index (χ4n) is 1.95. The number of ether oxygens (including phenoxy) is 1. The van der Waals surface area contributed by atoms with E-state index in [0.29, 0.717) is 5.13 Å². The Labute approximate surface area is 96.8 Å². The Kier molecular flexibility index (Phi) is 3.35. The van der Waals surface area contributed by atoms with Crippen LogP contribution in [-0.4, -0.2) is 29.2 Å². The Morgan fingerprint density at radius 3 is 3.12 bits per heavy atom. The predicted molar refractivity (Wildman–Crippen MR) is 60.8 cm³/mol. The third-order valence-electron chi connectivity index (χ3n) is 2.74. The summed E-state index contributed by atoms with van der Waals surface area (Å²) in [5.41, 5.74) is 0. The summed E-state index contributed by atoms with van der Waals surface area (Å²) in [6.45, 7) is 0. The highest BCUT2D eigenvalue weighted by Gasteiger charge is 2.28. The molecule has 7 heteroatoms. The molecule has 0 bridgehead atoms. The zero-order valence-electron chi connectivity index (χ0n) is 8.88. The quantitative estimate of drug-likeness (QED) is 0.646. The molecule has 2 unspecified atom stereocenters. The normalized spacial score (nSPS) is 24.6. The van der Waals surface area contributed by atoms with Gasteiger partial charge in [0, 0.05) is 7.11 Å². The lowest BCUT2D eigenvalue weighted by Gasteiger charge is -2.18. The second kappa shape index (κ2) is 4.75. The van der Waals surface area contributed by atoms with E-state index in [4.69, 9.17) is 4.74 Å². The molecule has 2 atom stereocenters.